The minimum Gasteiger partial charge on any atom is -0.377 e. The maximum absolute atomic E-state index is 14.1. The number of alkyl halides is 6. The second-order valence-electron chi connectivity index (χ2n) is 8.88. The first-order valence-corrected chi connectivity index (χ1v) is 12.1. The third-order valence-corrected chi connectivity index (χ3v) is 6.54. The third kappa shape index (κ3) is 6.89. The second-order valence-corrected chi connectivity index (χ2v) is 9.26. The Hall–Kier alpha value is -3.88. The number of carbonyl (C=O) groups is 1. The van der Waals surface area contributed by atoms with Crippen molar-refractivity contribution < 1.29 is 44.3 Å². The molecule has 0 aliphatic carbocycles. The van der Waals surface area contributed by atoms with Gasteiger partial charge in [0.25, 0.3) is 5.95 Å². The van der Waals surface area contributed by atoms with Gasteiger partial charge in [0.1, 0.15) is 5.02 Å². The monoisotopic (exact) mass is 611 g/mol. The lowest BCUT2D eigenvalue weighted by atomic mass is 10.1. The van der Waals surface area contributed by atoms with Gasteiger partial charge in [0.15, 0.2) is 0 Å². The summed E-state index contributed by atoms with van der Waals surface area (Å²) in [5.41, 5.74) is -3.20. The summed E-state index contributed by atoms with van der Waals surface area (Å²) < 4.78 is 120. The normalized spacial score (nSPS) is 14.3. The number of aromatic nitrogens is 1. The predicted octanol–water partition coefficient (Wildman–Crippen LogP) is 7.16. The zero-order valence-electron chi connectivity index (χ0n) is 20.6. The lowest BCUT2D eigenvalue weighted by Gasteiger charge is -2.37. The van der Waals surface area contributed by atoms with E-state index >= 15 is 0 Å². The van der Waals surface area contributed by atoms with Gasteiger partial charge in [-0.05, 0) is 29.8 Å². The molecule has 16 heteroatoms. The highest BCUT2D eigenvalue weighted by atomic mass is 35.5. The van der Waals surface area contributed by atoms with Gasteiger partial charge in [-0.3, -0.25) is 0 Å². The average molecular weight is 612 g/mol. The first kappa shape index (κ1) is 30.1. The van der Waals surface area contributed by atoms with E-state index in [1.165, 1.54) is 4.90 Å². The Balaban J connectivity index is 1.43. The molecule has 1 saturated heterocycles. The number of nitrogens with one attached hydrogen (secondary N) is 2. The lowest BCUT2D eigenvalue weighted by Crippen LogP contribution is -2.50. The summed E-state index contributed by atoms with van der Waals surface area (Å²) >= 11 is 5.72. The highest BCUT2D eigenvalue weighted by Gasteiger charge is 2.37. The summed E-state index contributed by atoms with van der Waals surface area (Å²) in [5, 5.41) is 3.93. The van der Waals surface area contributed by atoms with Gasteiger partial charge in [-0.25, -0.2) is 4.79 Å². The minimum absolute atomic E-state index is 0.0370. The molecule has 6 nitrogen and oxygen atoms in total. The van der Waals surface area contributed by atoms with Crippen LogP contribution >= 0.6 is 11.6 Å². The number of hydrogen-bond acceptors (Lipinski definition) is 4. The molecule has 0 radical (unpaired) electrons. The van der Waals surface area contributed by atoms with Crippen molar-refractivity contribution in [1.82, 2.24) is 9.88 Å². The van der Waals surface area contributed by atoms with Crippen LogP contribution in [-0.4, -0.2) is 42.1 Å². The predicted molar refractivity (Wildman–Crippen MR) is 132 cm³/mol. The molecule has 0 saturated carbocycles. The molecular weight excluding hydrogens is 593 g/mol. The van der Waals surface area contributed by atoms with Crippen molar-refractivity contribution in [3.8, 4) is 0 Å². The van der Waals surface area contributed by atoms with E-state index in [1.807, 2.05) is 4.90 Å². The molecule has 4 rings (SSSR count). The summed E-state index contributed by atoms with van der Waals surface area (Å²) in [5.74, 6) is -4.52. The molecule has 1 aromatic heterocycles. The summed E-state index contributed by atoms with van der Waals surface area (Å²) in [7, 11) is 0. The molecule has 0 unspecified atom stereocenters. The molecule has 1 fully saturated rings. The number of nitrogens with zero attached hydrogens (tertiary/aromatic N) is 3. The van der Waals surface area contributed by atoms with E-state index in [0.29, 0.717) is 23.4 Å². The summed E-state index contributed by atoms with van der Waals surface area (Å²) in [6.45, 7) is 0.441. The van der Waals surface area contributed by atoms with E-state index < -0.39 is 63.6 Å². The molecular formula is C25H19ClF9N5O. The molecule has 0 spiro atoms. The number of rotatable bonds is 5. The van der Waals surface area contributed by atoms with E-state index in [1.54, 1.807) is 24.3 Å². The van der Waals surface area contributed by atoms with Crippen molar-refractivity contribution in [2.24, 2.45) is 0 Å². The van der Waals surface area contributed by atoms with Crippen LogP contribution in [0.15, 0.2) is 42.5 Å². The standard InChI is InChI=1S/C25H19ClF9N5O/c26-18-20(19(27)22(29)38-21(18)28)36-12-13-3-1-2-4-17(13)39-5-7-40(8-6-39)23(41)37-16-10-14(24(30,31)32)9-15(11-16)25(33,34)35/h1-4,9-11H,5-8,12H2,(H,36,38)(H,37,41). The summed E-state index contributed by atoms with van der Waals surface area (Å²) in [4.78, 5) is 18.5. The number of piperazine rings is 1. The van der Waals surface area contributed by atoms with Gasteiger partial charge < -0.3 is 20.4 Å². The molecule has 2 amide bonds. The van der Waals surface area contributed by atoms with Crippen LogP contribution in [0.2, 0.25) is 5.02 Å². The topological polar surface area (TPSA) is 60.5 Å². The van der Waals surface area contributed by atoms with Crippen LogP contribution in [0.25, 0.3) is 0 Å². The maximum atomic E-state index is 14.1. The number of pyridine rings is 1. The summed E-state index contributed by atoms with van der Waals surface area (Å²) in [6, 6.07) is 6.64. The molecule has 2 aromatic carbocycles. The van der Waals surface area contributed by atoms with Gasteiger partial charge in [-0.1, -0.05) is 29.8 Å². The van der Waals surface area contributed by atoms with Gasteiger partial charge in [-0.2, -0.15) is 44.5 Å². The van der Waals surface area contributed by atoms with Crippen molar-refractivity contribution in [2.75, 3.05) is 41.7 Å². The highest BCUT2D eigenvalue weighted by Crippen LogP contribution is 2.38. The van der Waals surface area contributed by atoms with Crippen molar-refractivity contribution in [1.29, 1.82) is 0 Å². The van der Waals surface area contributed by atoms with Gasteiger partial charge >= 0.3 is 18.4 Å². The zero-order valence-corrected chi connectivity index (χ0v) is 21.4. The highest BCUT2D eigenvalue weighted by molar-refractivity contribution is 6.33. The Morgan fingerprint density at radius 2 is 1.46 bits per heavy atom. The molecule has 1 aliphatic rings. The SMILES string of the molecule is O=C(Nc1cc(C(F)(F)F)cc(C(F)(F)F)c1)N1CCN(c2ccccc2CNc2c(F)c(F)nc(F)c2Cl)CC1. The van der Waals surface area contributed by atoms with Gasteiger partial charge in [0, 0.05) is 44.1 Å². The molecule has 41 heavy (non-hydrogen) atoms. The number of hydrogen-bond donors (Lipinski definition) is 2. The Morgan fingerprint density at radius 3 is 2.05 bits per heavy atom. The Labute approximate surface area is 231 Å². The molecule has 3 aromatic rings. The third-order valence-electron chi connectivity index (χ3n) is 6.19. The van der Waals surface area contributed by atoms with Crippen molar-refractivity contribution in [3.63, 3.8) is 0 Å². The van der Waals surface area contributed by atoms with Crippen LogP contribution < -0.4 is 15.5 Å². The van der Waals surface area contributed by atoms with E-state index in [2.05, 4.69) is 15.6 Å². The zero-order chi connectivity index (χ0) is 30.1. The van der Waals surface area contributed by atoms with Gasteiger partial charge in [-0.15, -0.1) is 0 Å². The van der Waals surface area contributed by atoms with E-state index in [-0.39, 0.29) is 38.8 Å². The molecule has 0 bridgehead atoms. The lowest BCUT2D eigenvalue weighted by molar-refractivity contribution is -0.143. The number of amides is 2. The number of carbonyl (C=O) groups excluding carboxylic acids is 1. The molecule has 1 aliphatic heterocycles. The van der Waals surface area contributed by atoms with Crippen LogP contribution in [0, 0.1) is 17.7 Å². The molecule has 220 valence electrons. The number of benzene rings is 2. The van der Waals surface area contributed by atoms with Crippen molar-refractivity contribution in [2.45, 2.75) is 18.9 Å². The second kappa shape index (κ2) is 11.5. The Bertz CT molecular complexity index is 1380. The van der Waals surface area contributed by atoms with Crippen LogP contribution in [0.4, 0.5) is 61.4 Å². The van der Waals surface area contributed by atoms with Gasteiger partial charge in [0.2, 0.25) is 11.8 Å². The quantitative estimate of drug-likeness (QED) is 0.238. The Morgan fingerprint density at radius 1 is 0.878 bits per heavy atom. The maximum Gasteiger partial charge on any atom is 0.416 e. The van der Waals surface area contributed by atoms with Gasteiger partial charge in [0.05, 0.1) is 16.8 Å². The fourth-order valence-corrected chi connectivity index (χ4v) is 4.37. The van der Waals surface area contributed by atoms with Crippen LogP contribution in [0.3, 0.4) is 0 Å². The van der Waals surface area contributed by atoms with Crippen molar-refractivity contribution >= 4 is 34.7 Å². The fraction of sp³-hybridized carbons (Fsp3) is 0.280. The van der Waals surface area contributed by atoms with E-state index in [4.69, 9.17) is 11.6 Å². The first-order valence-electron chi connectivity index (χ1n) is 11.8. The van der Waals surface area contributed by atoms with Crippen molar-refractivity contribution in [3.05, 3.63) is 81.9 Å². The number of urea groups is 1. The average Bonchev–Trinajstić information content (AvgIpc) is 2.91. The number of anilines is 3. The Kier molecular flexibility index (Phi) is 8.47. The van der Waals surface area contributed by atoms with E-state index in [9.17, 15) is 44.3 Å². The summed E-state index contributed by atoms with van der Waals surface area (Å²) in [6.07, 6.45) is -10.1. The van der Waals surface area contributed by atoms with Crippen LogP contribution in [0.1, 0.15) is 16.7 Å². The molecule has 2 heterocycles. The molecule has 2 N–H and O–H groups in total. The molecule has 0 atom stereocenters. The largest absolute Gasteiger partial charge is 0.416 e. The van der Waals surface area contributed by atoms with Crippen LogP contribution in [0.5, 0.6) is 0 Å². The fourth-order valence-electron chi connectivity index (χ4n) is 4.17. The first-order chi connectivity index (χ1) is 19.1. The number of para-hydroxylation sites is 1. The smallest absolute Gasteiger partial charge is 0.377 e. The van der Waals surface area contributed by atoms with Crippen LogP contribution in [-0.2, 0) is 18.9 Å². The number of halogens is 10. The van der Waals surface area contributed by atoms with E-state index in [0.717, 1.165) is 0 Å². The minimum atomic E-state index is -5.06.